The van der Waals surface area contributed by atoms with Crippen LogP contribution in [-0.4, -0.2) is 47.3 Å². The predicted octanol–water partition coefficient (Wildman–Crippen LogP) is 1.21. The lowest BCUT2D eigenvalue weighted by molar-refractivity contribution is -0.146. The van der Waals surface area contributed by atoms with Gasteiger partial charge in [0.25, 0.3) is 5.91 Å². The first-order chi connectivity index (χ1) is 10.8. The van der Waals surface area contributed by atoms with Gasteiger partial charge in [0, 0.05) is 28.2 Å². The summed E-state index contributed by atoms with van der Waals surface area (Å²) in [6.07, 6.45) is 0.393. The normalized spacial score (nSPS) is 26.7. The van der Waals surface area contributed by atoms with E-state index in [1.54, 1.807) is 13.0 Å². The summed E-state index contributed by atoms with van der Waals surface area (Å²) in [4.78, 5) is 37.9. The van der Waals surface area contributed by atoms with Crippen molar-refractivity contribution in [3.63, 3.8) is 0 Å². The van der Waals surface area contributed by atoms with Crippen molar-refractivity contribution in [3.8, 4) is 0 Å². The molecule has 0 saturated carbocycles. The first kappa shape index (κ1) is 16.1. The molecule has 2 aliphatic rings. The van der Waals surface area contributed by atoms with Crippen LogP contribution in [0.25, 0.3) is 0 Å². The van der Waals surface area contributed by atoms with Gasteiger partial charge >= 0.3 is 0 Å². The maximum atomic E-state index is 12.3. The van der Waals surface area contributed by atoms with Crippen LogP contribution in [0.2, 0.25) is 10.0 Å². The Labute approximate surface area is 143 Å². The molecule has 2 N–H and O–H groups in total. The van der Waals surface area contributed by atoms with E-state index in [1.807, 2.05) is 0 Å². The van der Waals surface area contributed by atoms with Gasteiger partial charge in [-0.1, -0.05) is 23.2 Å². The summed E-state index contributed by atoms with van der Waals surface area (Å²) < 4.78 is 0. The van der Waals surface area contributed by atoms with Crippen LogP contribution in [0.5, 0.6) is 0 Å². The maximum absolute atomic E-state index is 12.3. The number of hydrogen-bond donors (Lipinski definition) is 2. The van der Waals surface area contributed by atoms with Gasteiger partial charge in [0.05, 0.1) is 0 Å². The highest BCUT2D eigenvalue weighted by atomic mass is 35.5. The van der Waals surface area contributed by atoms with Gasteiger partial charge in [-0.05, 0) is 31.5 Å². The number of carbonyl (C=O) groups excluding carboxylic acids is 3. The number of halogens is 2. The highest BCUT2D eigenvalue weighted by Gasteiger charge is 2.45. The van der Waals surface area contributed by atoms with Gasteiger partial charge in [-0.15, -0.1) is 0 Å². The summed E-state index contributed by atoms with van der Waals surface area (Å²) in [5.41, 5.74) is 0.344. The van der Waals surface area contributed by atoms with Gasteiger partial charge < -0.3 is 15.5 Å². The SMILES string of the molecule is C[C@@H]1NC(=O)[C@@H]2C[C@H](NC(=O)c3cc(Cl)cc(Cl)c3)CN2C1=O. The van der Waals surface area contributed by atoms with Crippen molar-refractivity contribution >= 4 is 40.9 Å². The standard InChI is InChI=1S/C15H15Cl2N3O3/c1-7-15(23)20-6-11(5-12(20)14(22)18-7)19-13(21)8-2-9(16)4-10(17)3-8/h2-4,7,11-12H,5-6H2,1H3,(H,18,22)(H,19,21)/t7-,11-,12-/m0/s1. The number of hydrogen-bond acceptors (Lipinski definition) is 3. The Morgan fingerprint density at radius 1 is 1.26 bits per heavy atom. The number of nitrogens with one attached hydrogen (secondary N) is 2. The third-order valence-electron chi connectivity index (χ3n) is 4.08. The van der Waals surface area contributed by atoms with Crippen LogP contribution < -0.4 is 10.6 Å². The summed E-state index contributed by atoms with van der Waals surface area (Å²) in [6, 6.07) is 3.24. The fraction of sp³-hybridized carbons (Fsp3) is 0.400. The highest BCUT2D eigenvalue weighted by molar-refractivity contribution is 6.35. The lowest BCUT2D eigenvalue weighted by Gasteiger charge is -2.32. The first-order valence-corrected chi connectivity index (χ1v) is 7.98. The zero-order valence-electron chi connectivity index (χ0n) is 12.3. The molecule has 8 heteroatoms. The van der Waals surface area contributed by atoms with Crippen molar-refractivity contribution < 1.29 is 14.4 Å². The zero-order valence-corrected chi connectivity index (χ0v) is 13.8. The third kappa shape index (κ3) is 3.14. The molecule has 3 atom stereocenters. The van der Waals surface area contributed by atoms with Crippen molar-refractivity contribution in [2.45, 2.75) is 31.5 Å². The van der Waals surface area contributed by atoms with E-state index in [2.05, 4.69) is 10.6 Å². The number of benzene rings is 1. The summed E-state index contributed by atoms with van der Waals surface area (Å²) in [6.45, 7) is 1.97. The number of nitrogens with zero attached hydrogens (tertiary/aromatic N) is 1. The Kier molecular flexibility index (Phi) is 4.21. The van der Waals surface area contributed by atoms with Gasteiger partial charge in [-0.2, -0.15) is 0 Å². The van der Waals surface area contributed by atoms with E-state index in [0.717, 1.165) is 0 Å². The van der Waals surface area contributed by atoms with Crippen LogP contribution in [0.4, 0.5) is 0 Å². The van der Waals surface area contributed by atoms with Crippen LogP contribution >= 0.6 is 23.2 Å². The minimum atomic E-state index is -0.528. The van der Waals surface area contributed by atoms with E-state index in [9.17, 15) is 14.4 Å². The zero-order chi connectivity index (χ0) is 16.7. The second-order valence-electron chi connectivity index (χ2n) is 5.80. The van der Waals surface area contributed by atoms with Gasteiger partial charge in [0.15, 0.2) is 0 Å². The minimum Gasteiger partial charge on any atom is -0.347 e. The van der Waals surface area contributed by atoms with Crippen LogP contribution in [0.1, 0.15) is 23.7 Å². The monoisotopic (exact) mass is 355 g/mol. The maximum Gasteiger partial charge on any atom is 0.251 e. The fourth-order valence-electron chi connectivity index (χ4n) is 3.01. The summed E-state index contributed by atoms with van der Waals surface area (Å²) >= 11 is 11.8. The number of rotatable bonds is 2. The third-order valence-corrected chi connectivity index (χ3v) is 4.51. The van der Waals surface area contributed by atoms with Crippen molar-refractivity contribution in [1.82, 2.24) is 15.5 Å². The lowest BCUT2D eigenvalue weighted by Crippen LogP contribution is -2.60. The first-order valence-electron chi connectivity index (χ1n) is 7.23. The van der Waals surface area contributed by atoms with E-state index in [4.69, 9.17) is 23.2 Å². The molecule has 0 aromatic heterocycles. The van der Waals surface area contributed by atoms with E-state index in [1.165, 1.54) is 17.0 Å². The van der Waals surface area contributed by atoms with Gasteiger partial charge in [0.1, 0.15) is 12.1 Å². The highest BCUT2D eigenvalue weighted by Crippen LogP contribution is 2.24. The largest absolute Gasteiger partial charge is 0.347 e. The molecule has 1 aromatic carbocycles. The molecule has 0 radical (unpaired) electrons. The number of fused-ring (bicyclic) bond motifs is 1. The van der Waals surface area contributed by atoms with Gasteiger partial charge in [0.2, 0.25) is 11.8 Å². The average Bonchev–Trinajstić information content (AvgIpc) is 2.88. The van der Waals surface area contributed by atoms with Crippen LogP contribution in [0.3, 0.4) is 0 Å². The second kappa shape index (κ2) is 6.02. The molecule has 0 unspecified atom stereocenters. The smallest absolute Gasteiger partial charge is 0.251 e. The topological polar surface area (TPSA) is 78.5 Å². The molecule has 2 heterocycles. The summed E-state index contributed by atoms with van der Waals surface area (Å²) in [5.74, 6) is -0.642. The summed E-state index contributed by atoms with van der Waals surface area (Å²) in [5, 5.41) is 6.22. The number of carbonyl (C=O) groups is 3. The van der Waals surface area contributed by atoms with Crippen LogP contribution in [0, 0.1) is 0 Å². The summed E-state index contributed by atoms with van der Waals surface area (Å²) in [7, 11) is 0. The van der Waals surface area contributed by atoms with E-state index < -0.39 is 12.1 Å². The molecular formula is C15H15Cl2N3O3. The molecule has 3 rings (SSSR count). The molecular weight excluding hydrogens is 341 g/mol. The second-order valence-corrected chi connectivity index (χ2v) is 6.67. The molecule has 122 valence electrons. The van der Waals surface area contributed by atoms with Crippen molar-refractivity contribution in [2.24, 2.45) is 0 Å². The molecule has 0 aliphatic carbocycles. The molecule has 0 spiro atoms. The molecule has 3 amide bonds. The number of amides is 3. The molecule has 2 saturated heterocycles. The Balaban J connectivity index is 1.71. The van der Waals surface area contributed by atoms with Gasteiger partial charge in [-0.25, -0.2) is 0 Å². The Hall–Kier alpha value is -1.79. The van der Waals surface area contributed by atoms with Crippen molar-refractivity contribution in [2.75, 3.05) is 6.54 Å². The Morgan fingerprint density at radius 3 is 2.57 bits per heavy atom. The molecule has 23 heavy (non-hydrogen) atoms. The Morgan fingerprint density at radius 2 is 1.91 bits per heavy atom. The minimum absolute atomic E-state index is 0.128. The average molecular weight is 356 g/mol. The van der Waals surface area contributed by atoms with Crippen LogP contribution in [0.15, 0.2) is 18.2 Å². The Bertz CT molecular complexity index is 674. The molecule has 0 bridgehead atoms. The van der Waals surface area contributed by atoms with E-state index >= 15 is 0 Å². The molecule has 2 aliphatic heterocycles. The van der Waals surface area contributed by atoms with Gasteiger partial charge in [-0.3, -0.25) is 14.4 Å². The predicted molar refractivity (Wildman–Crippen MR) is 85.4 cm³/mol. The molecule has 1 aromatic rings. The van der Waals surface area contributed by atoms with E-state index in [0.29, 0.717) is 28.6 Å². The van der Waals surface area contributed by atoms with Crippen molar-refractivity contribution in [3.05, 3.63) is 33.8 Å². The lowest BCUT2D eigenvalue weighted by atomic mass is 10.1. The molecule has 2 fully saturated rings. The fourth-order valence-corrected chi connectivity index (χ4v) is 3.53. The van der Waals surface area contributed by atoms with Crippen molar-refractivity contribution in [1.29, 1.82) is 0 Å². The number of piperazine rings is 1. The quantitative estimate of drug-likeness (QED) is 0.836. The molecule has 6 nitrogen and oxygen atoms in total. The van der Waals surface area contributed by atoms with Crippen LogP contribution in [-0.2, 0) is 9.59 Å². The van der Waals surface area contributed by atoms with E-state index in [-0.39, 0.29) is 23.8 Å².